The highest BCUT2D eigenvalue weighted by Gasteiger charge is 2.17. The standard InChI is InChI=1S/C23H24N6O/c1-12-5-7-17(14(3)13(12)2)19-9-16(6-8-18(19)21(24)30)15(4)29-23-20-22(26-10-25-20)27-11-28-23/h5-11,15H,1-4H3,(H2,24,30)(H2,25,26,27,28,29). The van der Waals surface area contributed by atoms with Crippen LogP contribution >= 0.6 is 0 Å². The van der Waals surface area contributed by atoms with Crippen molar-refractivity contribution in [1.29, 1.82) is 0 Å². The molecule has 4 N–H and O–H groups in total. The van der Waals surface area contributed by atoms with Crippen LogP contribution in [0.15, 0.2) is 43.0 Å². The van der Waals surface area contributed by atoms with Crippen LogP contribution in [0.4, 0.5) is 5.82 Å². The number of amides is 1. The summed E-state index contributed by atoms with van der Waals surface area (Å²) < 4.78 is 0. The Kier molecular flexibility index (Phi) is 4.95. The Balaban J connectivity index is 1.77. The van der Waals surface area contributed by atoms with Crippen molar-refractivity contribution in [2.24, 2.45) is 5.73 Å². The molecule has 0 aliphatic heterocycles. The van der Waals surface area contributed by atoms with Crippen LogP contribution in [0.25, 0.3) is 22.3 Å². The Bertz CT molecular complexity index is 1260. The quantitative estimate of drug-likeness (QED) is 0.465. The maximum absolute atomic E-state index is 12.1. The second kappa shape index (κ2) is 7.59. The highest BCUT2D eigenvalue weighted by Crippen LogP contribution is 2.33. The zero-order chi connectivity index (χ0) is 21.4. The van der Waals surface area contributed by atoms with Crippen LogP contribution in [0, 0.1) is 20.8 Å². The van der Waals surface area contributed by atoms with Crippen LogP contribution in [-0.2, 0) is 0 Å². The Hall–Kier alpha value is -3.74. The third-order valence-electron chi connectivity index (χ3n) is 5.73. The van der Waals surface area contributed by atoms with Crippen molar-refractivity contribution >= 4 is 22.9 Å². The second-order valence-electron chi connectivity index (χ2n) is 7.54. The molecule has 1 unspecified atom stereocenters. The van der Waals surface area contributed by atoms with Gasteiger partial charge in [0, 0.05) is 5.56 Å². The molecular formula is C23H24N6O. The van der Waals surface area contributed by atoms with Crippen LogP contribution in [-0.4, -0.2) is 25.8 Å². The lowest BCUT2D eigenvalue weighted by Gasteiger charge is -2.19. The minimum absolute atomic E-state index is 0.0765. The number of nitrogens with one attached hydrogen (secondary N) is 2. The number of hydrogen-bond donors (Lipinski definition) is 3. The molecular weight excluding hydrogens is 376 g/mol. The number of carbonyl (C=O) groups is 1. The number of rotatable bonds is 5. The zero-order valence-electron chi connectivity index (χ0n) is 17.4. The number of aromatic amines is 1. The molecule has 0 saturated heterocycles. The molecule has 7 heteroatoms. The minimum Gasteiger partial charge on any atom is -0.366 e. The summed E-state index contributed by atoms with van der Waals surface area (Å²) in [7, 11) is 0. The number of primary amides is 1. The SMILES string of the molecule is Cc1ccc(-c2cc(C(C)Nc3ncnc4[nH]cnc34)ccc2C(N)=O)c(C)c1C. The van der Waals surface area contributed by atoms with Gasteiger partial charge >= 0.3 is 0 Å². The molecule has 0 bridgehead atoms. The molecule has 0 aliphatic carbocycles. The van der Waals surface area contributed by atoms with Gasteiger partial charge in [0.25, 0.3) is 0 Å². The third-order valence-corrected chi connectivity index (χ3v) is 5.73. The fourth-order valence-corrected chi connectivity index (χ4v) is 3.68. The summed E-state index contributed by atoms with van der Waals surface area (Å²) in [6.07, 6.45) is 3.09. The number of benzene rings is 2. The lowest BCUT2D eigenvalue weighted by atomic mass is 9.89. The number of aromatic nitrogens is 4. The van der Waals surface area contributed by atoms with Gasteiger partial charge in [-0.1, -0.05) is 18.2 Å². The topological polar surface area (TPSA) is 110 Å². The van der Waals surface area contributed by atoms with Gasteiger partial charge in [0.15, 0.2) is 11.5 Å². The predicted molar refractivity (Wildman–Crippen MR) is 118 cm³/mol. The summed E-state index contributed by atoms with van der Waals surface area (Å²) in [5.41, 5.74) is 14.0. The number of H-pyrrole nitrogens is 1. The first kappa shape index (κ1) is 19.6. The average Bonchev–Trinajstić information content (AvgIpc) is 3.21. The van der Waals surface area contributed by atoms with Gasteiger partial charge in [0.2, 0.25) is 5.91 Å². The monoisotopic (exact) mass is 400 g/mol. The number of imidazole rings is 1. The van der Waals surface area contributed by atoms with Gasteiger partial charge in [0.1, 0.15) is 11.8 Å². The third kappa shape index (κ3) is 3.39. The van der Waals surface area contributed by atoms with Crippen molar-refractivity contribution in [1.82, 2.24) is 19.9 Å². The molecule has 152 valence electrons. The molecule has 2 heterocycles. The van der Waals surface area contributed by atoms with Crippen LogP contribution in [0.1, 0.15) is 45.6 Å². The summed E-state index contributed by atoms with van der Waals surface area (Å²) >= 11 is 0. The molecule has 4 rings (SSSR count). The van der Waals surface area contributed by atoms with Gasteiger partial charge in [-0.2, -0.15) is 0 Å². The first-order valence-corrected chi connectivity index (χ1v) is 9.78. The largest absolute Gasteiger partial charge is 0.366 e. The second-order valence-corrected chi connectivity index (χ2v) is 7.54. The molecule has 1 atom stereocenters. The van der Waals surface area contributed by atoms with Crippen molar-refractivity contribution in [3.05, 3.63) is 70.8 Å². The van der Waals surface area contributed by atoms with E-state index in [1.54, 1.807) is 12.4 Å². The van der Waals surface area contributed by atoms with Crippen LogP contribution in [0.3, 0.4) is 0 Å². The summed E-state index contributed by atoms with van der Waals surface area (Å²) in [4.78, 5) is 27.9. The van der Waals surface area contributed by atoms with E-state index in [1.807, 2.05) is 19.1 Å². The average molecular weight is 400 g/mol. The van der Waals surface area contributed by atoms with Gasteiger partial charge in [-0.3, -0.25) is 4.79 Å². The van der Waals surface area contributed by atoms with Gasteiger partial charge < -0.3 is 16.0 Å². The summed E-state index contributed by atoms with van der Waals surface area (Å²) in [5, 5.41) is 3.40. The Morgan fingerprint density at radius 3 is 2.60 bits per heavy atom. The maximum Gasteiger partial charge on any atom is 0.249 e. The van der Waals surface area contributed by atoms with E-state index in [0.29, 0.717) is 22.5 Å². The first-order valence-electron chi connectivity index (χ1n) is 9.78. The molecule has 0 radical (unpaired) electrons. The molecule has 1 amide bonds. The normalized spacial score (nSPS) is 12.1. The number of hydrogen-bond acceptors (Lipinski definition) is 5. The van der Waals surface area contributed by atoms with Gasteiger partial charge in [-0.25, -0.2) is 15.0 Å². The molecule has 4 aromatic rings. The zero-order valence-corrected chi connectivity index (χ0v) is 17.4. The Morgan fingerprint density at radius 2 is 1.83 bits per heavy atom. The number of carbonyl (C=O) groups excluding carboxylic acids is 1. The fraction of sp³-hybridized carbons (Fsp3) is 0.217. The summed E-state index contributed by atoms with van der Waals surface area (Å²) in [5.74, 6) is 0.209. The minimum atomic E-state index is -0.441. The molecule has 0 fully saturated rings. The van der Waals surface area contributed by atoms with E-state index >= 15 is 0 Å². The molecule has 0 aliphatic rings. The van der Waals surface area contributed by atoms with Crippen LogP contribution in [0.5, 0.6) is 0 Å². The summed E-state index contributed by atoms with van der Waals surface area (Å²) in [6.45, 7) is 8.29. The van der Waals surface area contributed by atoms with E-state index in [-0.39, 0.29) is 6.04 Å². The highest BCUT2D eigenvalue weighted by atomic mass is 16.1. The van der Waals surface area contributed by atoms with Crippen molar-refractivity contribution in [2.75, 3.05) is 5.32 Å². The Morgan fingerprint density at radius 1 is 1.03 bits per heavy atom. The molecule has 30 heavy (non-hydrogen) atoms. The van der Waals surface area contributed by atoms with Crippen molar-refractivity contribution in [2.45, 2.75) is 33.7 Å². The van der Waals surface area contributed by atoms with E-state index in [9.17, 15) is 4.79 Å². The Labute approximate surface area is 174 Å². The van der Waals surface area contributed by atoms with Crippen molar-refractivity contribution in [3.8, 4) is 11.1 Å². The number of aryl methyl sites for hydroxylation is 1. The summed E-state index contributed by atoms with van der Waals surface area (Å²) in [6, 6.07) is 9.79. The van der Waals surface area contributed by atoms with E-state index < -0.39 is 5.91 Å². The highest BCUT2D eigenvalue weighted by molar-refractivity contribution is 6.00. The number of anilines is 1. The number of nitrogens with zero attached hydrogens (tertiary/aromatic N) is 3. The molecule has 2 aromatic carbocycles. The number of fused-ring (bicyclic) bond motifs is 1. The molecule has 2 aromatic heterocycles. The first-order chi connectivity index (χ1) is 14.4. The lowest BCUT2D eigenvalue weighted by molar-refractivity contribution is 0.100. The van der Waals surface area contributed by atoms with Crippen LogP contribution < -0.4 is 11.1 Å². The molecule has 0 saturated carbocycles. The van der Waals surface area contributed by atoms with E-state index in [0.717, 1.165) is 22.3 Å². The van der Waals surface area contributed by atoms with Gasteiger partial charge in [-0.05, 0) is 73.2 Å². The van der Waals surface area contributed by atoms with Gasteiger partial charge in [0.05, 0.1) is 12.4 Å². The maximum atomic E-state index is 12.1. The van der Waals surface area contributed by atoms with E-state index in [1.165, 1.54) is 17.5 Å². The fourth-order valence-electron chi connectivity index (χ4n) is 3.68. The molecule has 7 nitrogen and oxygen atoms in total. The van der Waals surface area contributed by atoms with Crippen LogP contribution in [0.2, 0.25) is 0 Å². The lowest BCUT2D eigenvalue weighted by Crippen LogP contribution is -2.14. The van der Waals surface area contributed by atoms with Crippen molar-refractivity contribution in [3.63, 3.8) is 0 Å². The predicted octanol–water partition coefficient (Wildman–Crippen LogP) is 4.22. The molecule has 0 spiro atoms. The number of nitrogens with two attached hydrogens (primary N) is 1. The van der Waals surface area contributed by atoms with Crippen molar-refractivity contribution < 1.29 is 4.79 Å². The van der Waals surface area contributed by atoms with E-state index in [4.69, 9.17) is 5.73 Å². The van der Waals surface area contributed by atoms with E-state index in [2.05, 4.69) is 58.2 Å². The smallest absolute Gasteiger partial charge is 0.249 e. The van der Waals surface area contributed by atoms with Gasteiger partial charge in [-0.15, -0.1) is 0 Å².